The van der Waals surface area contributed by atoms with E-state index >= 15 is 0 Å². The van der Waals surface area contributed by atoms with Crippen LogP contribution in [0.4, 0.5) is 4.39 Å². The predicted molar refractivity (Wildman–Crippen MR) is 89.9 cm³/mol. The highest BCUT2D eigenvalue weighted by atomic mass is 19.1. The van der Waals surface area contributed by atoms with Crippen LogP contribution in [0.5, 0.6) is 0 Å². The van der Waals surface area contributed by atoms with Crippen LogP contribution in [0.3, 0.4) is 0 Å². The van der Waals surface area contributed by atoms with E-state index in [1.54, 1.807) is 12.1 Å². The van der Waals surface area contributed by atoms with Gasteiger partial charge >= 0.3 is 0 Å². The third kappa shape index (κ3) is 3.05. The summed E-state index contributed by atoms with van der Waals surface area (Å²) in [7, 11) is 0. The van der Waals surface area contributed by atoms with Crippen molar-refractivity contribution in [2.75, 3.05) is 6.54 Å². The molecule has 2 aliphatic heterocycles. The molecule has 1 N–H and O–H groups in total. The molecule has 2 unspecified atom stereocenters. The SMILES string of the molecule is O=C1C2CC(c3ccc(F)cc3)NN2C=CN1CC1CCCCC1. The van der Waals surface area contributed by atoms with Crippen molar-refractivity contribution in [3.63, 3.8) is 0 Å². The number of rotatable bonds is 3. The molecule has 0 bridgehead atoms. The Morgan fingerprint density at radius 3 is 2.58 bits per heavy atom. The summed E-state index contributed by atoms with van der Waals surface area (Å²) in [6.45, 7) is 0.848. The number of halogens is 1. The summed E-state index contributed by atoms with van der Waals surface area (Å²) >= 11 is 0. The first kappa shape index (κ1) is 15.6. The molecule has 2 atom stereocenters. The molecular weight excluding hydrogens is 305 g/mol. The molecule has 3 aliphatic rings. The maximum absolute atomic E-state index is 13.1. The van der Waals surface area contributed by atoms with Gasteiger partial charge in [-0.3, -0.25) is 4.79 Å². The first-order chi connectivity index (χ1) is 11.7. The van der Waals surface area contributed by atoms with Crippen LogP contribution in [-0.4, -0.2) is 28.4 Å². The molecule has 2 fully saturated rings. The van der Waals surface area contributed by atoms with Gasteiger partial charge in [-0.1, -0.05) is 31.4 Å². The summed E-state index contributed by atoms with van der Waals surface area (Å²) in [6, 6.07) is 6.43. The van der Waals surface area contributed by atoms with E-state index in [-0.39, 0.29) is 23.8 Å². The predicted octanol–water partition coefficient (Wildman–Crippen LogP) is 3.34. The largest absolute Gasteiger partial charge is 0.315 e. The molecule has 1 aromatic carbocycles. The smallest absolute Gasteiger partial charge is 0.250 e. The fourth-order valence-electron chi connectivity index (χ4n) is 4.15. The standard InChI is InChI=1S/C19H24FN3O/c20-16-8-6-15(7-9-16)17-12-18-19(24)22(10-11-23(18)21-17)13-14-4-2-1-3-5-14/h6-11,14,17-18,21H,1-5,12-13H2. The normalized spacial score (nSPS) is 27.6. The average Bonchev–Trinajstić information content (AvgIpc) is 3.04. The van der Waals surface area contributed by atoms with E-state index in [0.717, 1.165) is 18.5 Å². The lowest BCUT2D eigenvalue weighted by Gasteiger charge is -2.34. The van der Waals surface area contributed by atoms with E-state index in [1.807, 2.05) is 22.3 Å². The molecule has 1 amide bonds. The van der Waals surface area contributed by atoms with Crippen LogP contribution in [0, 0.1) is 11.7 Å². The fourth-order valence-corrected chi connectivity index (χ4v) is 4.15. The molecule has 4 nitrogen and oxygen atoms in total. The maximum atomic E-state index is 13.1. The van der Waals surface area contributed by atoms with Gasteiger partial charge in [0.1, 0.15) is 11.9 Å². The molecular formula is C19H24FN3O. The molecule has 0 aromatic heterocycles. The van der Waals surface area contributed by atoms with E-state index in [9.17, 15) is 9.18 Å². The zero-order valence-corrected chi connectivity index (χ0v) is 13.8. The lowest BCUT2D eigenvalue weighted by molar-refractivity contribution is -0.135. The lowest BCUT2D eigenvalue weighted by atomic mass is 9.88. The molecule has 1 saturated heterocycles. The fraction of sp³-hybridized carbons (Fsp3) is 0.526. The summed E-state index contributed by atoms with van der Waals surface area (Å²) in [5, 5.41) is 1.91. The number of nitrogens with one attached hydrogen (secondary N) is 1. The molecule has 1 aromatic rings. The van der Waals surface area contributed by atoms with Crippen LogP contribution in [0.25, 0.3) is 0 Å². The minimum atomic E-state index is -0.232. The summed E-state index contributed by atoms with van der Waals surface area (Å²) in [5.41, 5.74) is 4.38. The molecule has 5 heteroatoms. The Bertz CT molecular complexity index is 624. The highest BCUT2D eigenvalue weighted by molar-refractivity contribution is 5.84. The monoisotopic (exact) mass is 329 g/mol. The van der Waals surface area contributed by atoms with E-state index < -0.39 is 0 Å². The second-order valence-corrected chi connectivity index (χ2v) is 7.18. The number of fused-ring (bicyclic) bond motifs is 1. The number of nitrogens with zero attached hydrogens (tertiary/aromatic N) is 2. The van der Waals surface area contributed by atoms with E-state index in [1.165, 1.54) is 44.2 Å². The van der Waals surface area contributed by atoms with Crippen molar-refractivity contribution in [1.82, 2.24) is 15.3 Å². The van der Waals surface area contributed by atoms with Gasteiger partial charge in [0.2, 0.25) is 0 Å². The topological polar surface area (TPSA) is 35.6 Å². The van der Waals surface area contributed by atoms with Crippen molar-refractivity contribution in [3.05, 3.63) is 48.0 Å². The second-order valence-electron chi connectivity index (χ2n) is 7.18. The van der Waals surface area contributed by atoms with Gasteiger partial charge in [-0.25, -0.2) is 9.82 Å². The zero-order chi connectivity index (χ0) is 16.5. The average molecular weight is 329 g/mol. The Balaban J connectivity index is 1.42. The second kappa shape index (κ2) is 6.55. The summed E-state index contributed by atoms with van der Waals surface area (Å²) in [5.74, 6) is 0.588. The molecule has 1 aliphatic carbocycles. The van der Waals surface area contributed by atoms with E-state index in [4.69, 9.17) is 0 Å². The molecule has 2 heterocycles. The van der Waals surface area contributed by atoms with Gasteiger partial charge in [0, 0.05) is 18.9 Å². The maximum Gasteiger partial charge on any atom is 0.250 e. The highest BCUT2D eigenvalue weighted by Gasteiger charge is 2.40. The van der Waals surface area contributed by atoms with Gasteiger partial charge in [-0.2, -0.15) is 0 Å². The molecule has 4 rings (SSSR count). The third-order valence-electron chi connectivity index (χ3n) is 5.53. The van der Waals surface area contributed by atoms with Crippen molar-refractivity contribution in [3.8, 4) is 0 Å². The number of hydrogen-bond donors (Lipinski definition) is 1. The van der Waals surface area contributed by atoms with Crippen LogP contribution in [0.2, 0.25) is 0 Å². The van der Waals surface area contributed by atoms with Crippen molar-refractivity contribution in [2.24, 2.45) is 5.92 Å². The Morgan fingerprint density at radius 1 is 1.08 bits per heavy atom. The summed E-state index contributed by atoms with van der Waals surface area (Å²) < 4.78 is 13.1. The molecule has 24 heavy (non-hydrogen) atoms. The number of carbonyl (C=O) groups is 1. The number of carbonyl (C=O) groups excluding carboxylic acids is 1. The third-order valence-corrected chi connectivity index (χ3v) is 5.53. The van der Waals surface area contributed by atoms with Crippen molar-refractivity contribution >= 4 is 5.91 Å². The molecule has 0 radical (unpaired) electrons. The van der Waals surface area contributed by atoms with Gasteiger partial charge in [0.25, 0.3) is 5.91 Å². The van der Waals surface area contributed by atoms with Crippen LogP contribution in [-0.2, 0) is 4.79 Å². The van der Waals surface area contributed by atoms with Crippen LogP contribution >= 0.6 is 0 Å². The quantitative estimate of drug-likeness (QED) is 0.924. The Morgan fingerprint density at radius 2 is 1.83 bits per heavy atom. The van der Waals surface area contributed by atoms with Gasteiger partial charge in [-0.15, -0.1) is 0 Å². The molecule has 1 saturated carbocycles. The Hall–Kier alpha value is -1.88. The van der Waals surface area contributed by atoms with Crippen molar-refractivity contribution in [1.29, 1.82) is 0 Å². The van der Waals surface area contributed by atoms with Crippen molar-refractivity contribution in [2.45, 2.75) is 50.6 Å². The van der Waals surface area contributed by atoms with E-state index in [2.05, 4.69) is 5.43 Å². The van der Waals surface area contributed by atoms with Gasteiger partial charge < -0.3 is 9.91 Å². The molecule has 128 valence electrons. The van der Waals surface area contributed by atoms with Gasteiger partial charge in [-0.05, 0) is 42.9 Å². The van der Waals surface area contributed by atoms with Crippen LogP contribution < -0.4 is 5.43 Å². The molecule has 0 spiro atoms. The highest BCUT2D eigenvalue weighted by Crippen LogP contribution is 2.32. The zero-order valence-electron chi connectivity index (χ0n) is 13.8. The minimum absolute atomic E-state index is 0.0545. The van der Waals surface area contributed by atoms with Gasteiger partial charge in [0.15, 0.2) is 0 Å². The number of benzene rings is 1. The first-order valence-electron chi connectivity index (χ1n) is 8.99. The Kier molecular flexibility index (Phi) is 4.27. The van der Waals surface area contributed by atoms with E-state index in [0.29, 0.717) is 5.92 Å². The minimum Gasteiger partial charge on any atom is -0.315 e. The number of hydrogen-bond acceptors (Lipinski definition) is 3. The lowest BCUT2D eigenvalue weighted by Crippen LogP contribution is -2.49. The number of amides is 1. The van der Waals surface area contributed by atoms with Crippen LogP contribution in [0.15, 0.2) is 36.7 Å². The Labute approximate surface area is 142 Å². The first-order valence-corrected chi connectivity index (χ1v) is 8.99. The van der Waals surface area contributed by atoms with Crippen molar-refractivity contribution < 1.29 is 9.18 Å². The van der Waals surface area contributed by atoms with Gasteiger partial charge in [0.05, 0.1) is 6.04 Å². The van der Waals surface area contributed by atoms with Crippen LogP contribution in [0.1, 0.15) is 50.1 Å². The summed E-state index contributed by atoms with van der Waals surface area (Å²) in [4.78, 5) is 14.8. The summed E-state index contributed by atoms with van der Waals surface area (Å²) in [6.07, 6.45) is 11.0. The number of hydrazine groups is 1.